The van der Waals surface area contributed by atoms with Gasteiger partial charge in [0.15, 0.2) is 0 Å². The quantitative estimate of drug-likeness (QED) is 0.787. The lowest BCUT2D eigenvalue weighted by Gasteiger charge is -2.30. The number of hydrogen-bond donors (Lipinski definition) is 2. The van der Waals surface area contributed by atoms with E-state index in [2.05, 4.69) is 4.72 Å². The molecule has 0 amide bonds. The fourth-order valence-electron chi connectivity index (χ4n) is 2.18. The summed E-state index contributed by atoms with van der Waals surface area (Å²) >= 11 is 0. The third-order valence-corrected chi connectivity index (χ3v) is 5.04. The van der Waals surface area contributed by atoms with Crippen molar-refractivity contribution in [2.75, 3.05) is 20.3 Å². The van der Waals surface area contributed by atoms with E-state index >= 15 is 0 Å². The van der Waals surface area contributed by atoms with Crippen LogP contribution in [0, 0.1) is 0 Å². The van der Waals surface area contributed by atoms with Crippen LogP contribution in [0.15, 0.2) is 16.7 Å². The Hall–Kier alpha value is -1.42. The van der Waals surface area contributed by atoms with Gasteiger partial charge in [0, 0.05) is 38.4 Å². The zero-order chi connectivity index (χ0) is 15.5. The van der Waals surface area contributed by atoms with E-state index in [9.17, 15) is 13.2 Å². The smallest absolute Gasteiger partial charge is 0.372 e. The van der Waals surface area contributed by atoms with Crippen LogP contribution in [0.4, 0.5) is 0 Å². The summed E-state index contributed by atoms with van der Waals surface area (Å²) in [5.41, 5.74) is 0.284. The van der Waals surface area contributed by atoms with E-state index < -0.39 is 16.2 Å². The Kier molecular flexibility index (Phi) is 4.99. The molecule has 118 valence electrons. The molecule has 1 saturated heterocycles. The van der Waals surface area contributed by atoms with Crippen molar-refractivity contribution in [2.45, 2.75) is 25.4 Å². The first-order valence-electron chi connectivity index (χ1n) is 6.52. The number of rotatable bonds is 6. The summed E-state index contributed by atoms with van der Waals surface area (Å²) in [5.74, 6) is -1.49. The molecule has 2 rings (SSSR count). The van der Waals surface area contributed by atoms with Crippen molar-refractivity contribution in [3.63, 3.8) is 0 Å². The van der Waals surface area contributed by atoms with Gasteiger partial charge in [-0.05, 0) is 18.9 Å². The molecule has 1 aromatic heterocycles. The van der Waals surface area contributed by atoms with Crippen molar-refractivity contribution in [3.8, 4) is 0 Å². The molecule has 0 saturated carbocycles. The van der Waals surface area contributed by atoms with Crippen molar-refractivity contribution in [2.24, 2.45) is 0 Å². The molecule has 0 radical (unpaired) electrons. The Morgan fingerprint density at radius 2 is 2.14 bits per heavy atom. The van der Waals surface area contributed by atoms with E-state index in [4.69, 9.17) is 14.3 Å². The Morgan fingerprint density at radius 1 is 1.48 bits per heavy atom. The van der Waals surface area contributed by atoms with Crippen LogP contribution in [-0.2, 0) is 21.5 Å². The largest absolute Gasteiger partial charge is 0.475 e. The van der Waals surface area contributed by atoms with Gasteiger partial charge in [0.1, 0.15) is 0 Å². The molecule has 0 atom stereocenters. The molecule has 0 bridgehead atoms. The molecule has 8 nitrogen and oxygen atoms in total. The van der Waals surface area contributed by atoms with Crippen LogP contribution in [0.1, 0.15) is 29.0 Å². The molecule has 0 unspecified atom stereocenters. The third kappa shape index (κ3) is 3.82. The molecule has 1 aromatic rings. The topological polar surface area (TPSA) is 109 Å². The molecule has 2 heterocycles. The predicted molar refractivity (Wildman–Crippen MR) is 73.0 cm³/mol. The normalized spacial score (nSPS) is 17.2. The Labute approximate surface area is 122 Å². The minimum atomic E-state index is -3.69. The molecular weight excluding hydrogens is 300 g/mol. The van der Waals surface area contributed by atoms with Gasteiger partial charge >= 0.3 is 5.97 Å². The van der Waals surface area contributed by atoms with E-state index in [0.717, 1.165) is 0 Å². The third-order valence-electron chi connectivity index (χ3n) is 3.47. The Morgan fingerprint density at radius 3 is 2.76 bits per heavy atom. The monoisotopic (exact) mass is 318 g/mol. The maximum absolute atomic E-state index is 12.2. The predicted octanol–water partition coefficient (Wildman–Crippen LogP) is 0.423. The molecule has 2 N–H and O–H groups in total. The van der Waals surface area contributed by atoms with Crippen molar-refractivity contribution < 1.29 is 27.5 Å². The summed E-state index contributed by atoms with van der Waals surface area (Å²) in [4.78, 5) is 10.9. The molecule has 0 aromatic carbocycles. The van der Waals surface area contributed by atoms with E-state index in [1.165, 1.54) is 23.7 Å². The van der Waals surface area contributed by atoms with Crippen molar-refractivity contribution >= 4 is 16.2 Å². The minimum absolute atomic E-state index is 0.112. The van der Waals surface area contributed by atoms with Gasteiger partial charge in [-0.2, -0.15) is 17.4 Å². The number of hydrogen-bond acceptors (Lipinski definition) is 5. The van der Waals surface area contributed by atoms with Gasteiger partial charge < -0.3 is 14.3 Å². The van der Waals surface area contributed by atoms with Gasteiger partial charge in [0.2, 0.25) is 5.76 Å². The van der Waals surface area contributed by atoms with E-state index in [0.29, 0.717) is 26.1 Å². The molecule has 1 aliphatic heterocycles. The summed E-state index contributed by atoms with van der Waals surface area (Å²) in [5, 5.41) is 8.90. The van der Waals surface area contributed by atoms with Crippen LogP contribution >= 0.6 is 0 Å². The lowest BCUT2D eigenvalue weighted by Crippen LogP contribution is -2.46. The van der Waals surface area contributed by atoms with Gasteiger partial charge in [-0.15, -0.1) is 0 Å². The van der Waals surface area contributed by atoms with Crippen LogP contribution < -0.4 is 4.72 Å². The molecule has 1 fully saturated rings. The average Bonchev–Trinajstić information content (AvgIpc) is 2.94. The van der Waals surface area contributed by atoms with E-state index in [1.807, 2.05) is 0 Å². The number of carbonyl (C=O) groups is 1. The first-order chi connectivity index (χ1) is 9.92. The molecule has 0 aliphatic carbocycles. The lowest BCUT2D eigenvalue weighted by molar-refractivity contribution is 0.0628. The maximum Gasteiger partial charge on any atom is 0.372 e. The van der Waals surface area contributed by atoms with E-state index in [1.54, 1.807) is 0 Å². The molecule has 1 aliphatic rings. The molecule has 9 heteroatoms. The highest BCUT2D eigenvalue weighted by Gasteiger charge is 2.28. The highest BCUT2D eigenvalue weighted by atomic mass is 32.2. The fourth-order valence-corrected chi connectivity index (χ4v) is 3.32. The van der Waals surface area contributed by atoms with Crippen LogP contribution in [0.5, 0.6) is 0 Å². The first-order valence-corrected chi connectivity index (χ1v) is 7.96. The molecule has 0 spiro atoms. The van der Waals surface area contributed by atoms with Crippen LogP contribution in [0.2, 0.25) is 0 Å². The minimum Gasteiger partial charge on any atom is -0.475 e. The second-order valence-corrected chi connectivity index (χ2v) is 6.58. The SMILES string of the molecule is CN(C1CCOCC1)S(=O)(=O)NCc1ccoc1C(=O)O. The first kappa shape index (κ1) is 16.0. The highest BCUT2D eigenvalue weighted by Crippen LogP contribution is 2.16. The zero-order valence-corrected chi connectivity index (χ0v) is 12.4. The van der Waals surface area contributed by atoms with Crippen molar-refractivity contribution in [3.05, 3.63) is 23.7 Å². The number of carboxylic acids is 1. The summed E-state index contributed by atoms with van der Waals surface area (Å²) in [6.45, 7) is 0.943. The van der Waals surface area contributed by atoms with Crippen molar-refractivity contribution in [1.29, 1.82) is 0 Å². The summed E-state index contributed by atoms with van der Waals surface area (Å²) < 4.78 is 38.1. The number of nitrogens with one attached hydrogen (secondary N) is 1. The second kappa shape index (κ2) is 6.56. The number of ether oxygens (including phenoxy) is 1. The Bertz CT molecular complexity index is 591. The van der Waals surface area contributed by atoms with Gasteiger partial charge in [-0.3, -0.25) is 0 Å². The van der Waals surface area contributed by atoms with Gasteiger partial charge in [-0.25, -0.2) is 4.79 Å². The molecule has 21 heavy (non-hydrogen) atoms. The molecular formula is C12H18N2O6S. The number of nitrogens with zero attached hydrogens (tertiary/aromatic N) is 1. The van der Waals surface area contributed by atoms with Gasteiger partial charge in [0.05, 0.1) is 6.26 Å². The number of aromatic carboxylic acids is 1. The van der Waals surface area contributed by atoms with Crippen LogP contribution in [0.3, 0.4) is 0 Å². The summed E-state index contributed by atoms with van der Waals surface area (Å²) in [6.07, 6.45) is 2.50. The fraction of sp³-hybridized carbons (Fsp3) is 0.583. The standard InChI is InChI=1S/C12H18N2O6S/c1-14(10-3-5-19-6-4-10)21(17,18)13-8-9-2-7-20-11(9)12(15)16/h2,7,10,13H,3-6,8H2,1H3,(H,15,16). The number of carboxylic acid groups (broad SMARTS) is 1. The summed E-state index contributed by atoms with van der Waals surface area (Å²) in [6, 6.07) is 1.32. The average molecular weight is 318 g/mol. The van der Waals surface area contributed by atoms with Crippen LogP contribution in [-0.4, -0.2) is 50.1 Å². The van der Waals surface area contributed by atoms with Gasteiger partial charge in [0.25, 0.3) is 10.2 Å². The lowest BCUT2D eigenvalue weighted by atomic mass is 10.1. The number of furan rings is 1. The maximum atomic E-state index is 12.2. The Balaban J connectivity index is 2.00. The van der Waals surface area contributed by atoms with E-state index in [-0.39, 0.29) is 23.9 Å². The zero-order valence-electron chi connectivity index (χ0n) is 11.6. The van der Waals surface area contributed by atoms with Crippen LogP contribution in [0.25, 0.3) is 0 Å². The van der Waals surface area contributed by atoms with Crippen molar-refractivity contribution in [1.82, 2.24) is 9.03 Å². The highest BCUT2D eigenvalue weighted by molar-refractivity contribution is 7.87. The van der Waals surface area contributed by atoms with Gasteiger partial charge in [-0.1, -0.05) is 0 Å². The second-order valence-electron chi connectivity index (χ2n) is 4.77. The summed E-state index contributed by atoms with van der Waals surface area (Å²) in [7, 11) is -2.18.